The number of carboxylic acid groups (broad SMARTS) is 1. The van der Waals surface area contributed by atoms with Gasteiger partial charge in [-0.05, 0) is 0 Å². The van der Waals surface area contributed by atoms with Gasteiger partial charge in [-0.1, -0.05) is 0 Å². The Morgan fingerprint density at radius 1 is 1.36 bits per heavy atom. The third kappa shape index (κ3) is 5.99. The fraction of sp³-hybridized carbons (Fsp3) is 0.625. The van der Waals surface area contributed by atoms with Crippen LogP contribution in [0.1, 0.15) is 13.3 Å². The molecule has 6 heteroatoms. The van der Waals surface area contributed by atoms with Crippen LogP contribution < -0.4 is 5.32 Å². The molecule has 0 unspecified atom stereocenters. The topological polar surface area (TPSA) is 86.7 Å². The Morgan fingerprint density at radius 3 is 2.36 bits per heavy atom. The van der Waals surface area contributed by atoms with E-state index in [1.165, 1.54) is 18.9 Å². The van der Waals surface area contributed by atoms with Crippen LogP contribution in [0.4, 0.5) is 0 Å². The Balaban J connectivity index is 3.65. The SMILES string of the molecule is CC(=O)N(C)CC(=O)NCCC(=O)O. The molecule has 6 nitrogen and oxygen atoms in total. The molecule has 0 aromatic carbocycles. The maximum absolute atomic E-state index is 11.0. The number of rotatable bonds is 5. The van der Waals surface area contributed by atoms with Gasteiger partial charge in [0, 0.05) is 20.5 Å². The Bertz CT molecular complexity index is 239. The lowest BCUT2D eigenvalue weighted by molar-refractivity contribution is -0.137. The second-order valence-corrected chi connectivity index (χ2v) is 2.87. The Hall–Kier alpha value is -1.59. The van der Waals surface area contributed by atoms with Crippen molar-refractivity contribution in [1.29, 1.82) is 0 Å². The summed E-state index contributed by atoms with van der Waals surface area (Å²) >= 11 is 0. The molecule has 0 atom stereocenters. The predicted octanol–water partition coefficient (Wildman–Crippen LogP) is -0.944. The molecule has 0 bridgehead atoms. The van der Waals surface area contributed by atoms with Gasteiger partial charge < -0.3 is 15.3 Å². The summed E-state index contributed by atoms with van der Waals surface area (Å²) in [5.41, 5.74) is 0. The lowest BCUT2D eigenvalue weighted by Gasteiger charge is -2.13. The third-order valence-electron chi connectivity index (χ3n) is 1.58. The highest BCUT2D eigenvalue weighted by molar-refractivity contribution is 5.83. The summed E-state index contributed by atoms with van der Waals surface area (Å²) in [6.45, 7) is 1.39. The van der Waals surface area contributed by atoms with Gasteiger partial charge in [0.05, 0.1) is 13.0 Å². The van der Waals surface area contributed by atoms with E-state index < -0.39 is 5.97 Å². The van der Waals surface area contributed by atoms with Crippen LogP contribution in [0.3, 0.4) is 0 Å². The first-order chi connectivity index (χ1) is 6.43. The van der Waals surface area contributed by atoms with E-state index in [2.05, 4.69) is 5.32 Å². The van der Waals surface area contributed by atoms with Crippen molar-refractivity contribution in [2.24, 2.45) is 0 Å². The van der Waals surface area contributed by atoms with Gasteiger partial charge >= 0.3 is 5.97 Å². The van der Waals surface area contributed by atoms with Crippen LogP contribution in [-0.2, 0) is 14.4 Å². The molecule has 2 amide bonds. The lowest BCUT2D eigenvalue weighted by Crippen LogP contribution is -2.38. The molecule has 14 heavy (non-hydrogen) atoms. The second kappa shape index (κ2) is 5.95. The number of nitrogens with zero attached hydrogens (tertiary/aromatic N) is 1. The summed E-state index contributed by atoms with van der Waals surface area (Å²) in [4.78, 5) is 33.1. The molecule has 0 saturated carbocycles. The average Bonchev–Trinajstić information content (AvgIpc) is 2.02. The van der Waals surface area contributed by atoms with Crippen LogP contribution in [0.5, 0.6) is 0 Å². The van der Waals surface area contributed by atoms with Crippen molar-refractivity contribution < 1.29 is 19.5 Å². The zero-order valence-corrected chi connectivity index (χ0v) is 8.24. The minimum atomic E-state index is -0.967. The van der Waals surface area contributed by atoms with Crippen LogP contribution in [0.15, 0.2) is 0 Å². The van der Waals surface area contributed by atoms with Crippen molar-refractivity contribution in [1.82, 2.24) is 10.2 Å². The largest absolute Gasteiger partial charge is 0.481 e. The molecule has 0 rings (SSSR count). The molecule has 2 N–H and O–H groups in total. The van der Waals surface area contributed by atoms with E-state index in [1.807, 2.05) is 0 Å². The molecule has 0 aliphatic heterocycles. The molecule has 80 valence electrons. The molecule has 0 aliphatic rings. The first-order valence-electron chi connectivity index (χ1n) is 4.13. The normalized spacial score (nSPS) is 9.29. The third-order valence-corrected chi connectivity index (χ3v) is 1.58. The summed E-state index contributed by atoms with van der Waals surface area (Å²) in [6, 6.07) is 0. The fourth-order valence-corrected chi connectivity index (χ4v) is 0.691. The molecular weight excluding hydrogens is 188 g/mol. The van der Waals surface area contributed by atoms with E-state index in [1.54, 1.807) is 0 Å². The highest BCUT2D eigenvalue weighted by Gasteiger charge is 2.08. The molecule has 0 spiro atoms. The number of aliphatic carboxylic acids is 1. The first kappa shape index (κ1) is 12.4. The maximum Gasteiger partial charge on any atom is 0.305 e. The van der Waals surface area contributed by atoms with E-state index in [-0.39, 0.29) is 31.3 Å². The van der Waals surface area contributed by atoms with E-state index in [0.717, 1.165) is 0 Å². The van der Waals surface area contributed by atoms with Gasteiger partial charge in [-0.15, -0.1) is 0 Å². The van der Waals surface area contributed by atoms with Crippen LogP contribution >= 0.6 is 0 Å². The predicted molar refractivity (Wildman–Crippen MR) is 48.6 cm³/mol. The maximum atomic E-state index is 11.0. The Labute approximate surface area is 81.9 Å². The number of amides is 2. The second-order valence-electron chi connectivity index (χ2n) is 2.87. The van der Waals surface area contributed by atoms with E-state index in [4.69, 9.17) is 5.11 Å². The zero-order valence-electron chi connectivity index (χ0n) is 8.24. The molecule has 0 aromatic rings. The molecule has 0 heterocycles. The smallest absolute Gasteiger partial charge is 0.305 e. The summed E-state index contributed by atoms with van der Waals surface area (Å²) in [6.07, 6.45) is -0.116. The molecule has 0 saturated heterocycles. The van der Waals surface area contributed by atoms with Gasteiger partial charge in [-0.2, -0.15) is 0 Å². The van der Waals surface area contributed by atoms with Crippen molar-refractivity contribution >= 4 is 17.8 Å². The molecule has 0 radical (unpaired) electrons. The minimum Gasteiger partial charge on any atom is -0.481 e. The van der Waals surface area contributed by atoms with Crippen molar-refractivity contribution in [3.63, 3.8) is 0 Å². The summed E-state index contributed by atoms with van der Waals surface area (Å²) in [5.74, 6) is -1.53. The molecule has 0 aromatic heterocycles. The van der Waals surface area contributed by atoms with Crippen molar-refractivity contribution in [3.05, 3.63) is 0 Å². The van der Waals surface area contributed by atoms with E-state index in [9.17, 15) is 14.4 Å². The summed E-state index contributed by atoms with van der Waals surface area (Å²) in [7, 11) is 1.50. The Kier molecular flexibility index (Phi) is 5.28. The highest BCUT2D eigenvalue weighted by atomic mass is 16.4. The van der Waals surface area contributed by atoms with E-state index >= 15 is 0 Å². The number of carbonyl (C=O) groups excluding carboxylic acids is 2. The van der Waals surface area contributed by atoms with Gasteiger partial charge in [0.15, 0.2) is 0 Å². The number of carboxylic acids is 1. The number of likely N-dealkylation sites (N-methyl/N-ethyl adjacent to an activating group) is 1. The van der Waals surface area contributed by atoms with Gasteiger partial charge in [0.2, 0.25) is 11.8 Å². The number of nitrogens with one attached hydrogen (secondary N) is 1. The van der Waals surface area contributed by atoms with Crippen LogP contribution in [0.2, 0.25) is 0 Å². The van der Waals surface area contributed by atoms with E-state index in [0.29, 0.717) is 0 Å². The minimum absolute atomic E-state index is 0.0467. The number of hydrogen-bond donors (Lipinski definition) is 2. The van der Waals surface area contributed by atoms with Crippen LogP contribution in [0, 0.1) is 0 Å². The van der Waals surface area contributed by atoms with Crippen molar-refractivity contribution in [3.8, 4) is 0 Å². The van der Waals surface area contributed by atoms with Crippen LogP contribution in [-0.4, -0.2) is 47.9 Å². The summed E-state index contributed by atoms with van der Waals surface area (Å²) in [5, 5.41) is 10.7. The number of carbonyl (C=O) groups is 3. The molecule has 0 aliphatic carbocycles. The van der Waals surface area contributed by atoms with Crippen molar-refractivity contribution in [2.45, 2.75) is 13.3 Å². The Morgan fingerprint density at radius 2 is 1.93 bits per heavy atom. The lowest BCUT2D eigenvalue weighted by atomic mass is 10.4. The zero-order chi connectivity index (χ0) is 11.1. The first-order valence-corrected chi connectivity index (χ1v) is 4.13. The number of hydrogen-bond acceptors (Lipinski definition) is 3. The van der Waals surface area contributed by atoms with Crippen LogP contribution in [0.25, 0.3) is 0 Å². The van der Waals surface area contributed by atoms with Gasteiger partial charge in [-0.25, -0.2) is 0 Å². The fourth-order valence-electron chi connectivity index (χ4n) is 0.691. The quantitative estimate of drug-likeness (QED) is 0.602. The van der Waals surface area contributed by atoms with Crippen molar-refractivity contribution in [2.75, 3.05) is 20.1 Å². The molecule has 0 fully saturated rings. The highest BCUT2D eigenvalue weighted by Crippen LogP contribution is 1.83. The monoisotopic (exact) mass is 202 g/mol. The van der Waals surface area contributed by atoms with Gasteiger partial charge in [0.25, 0.3) is 0 Å². The standard InChI is InChI=1S/C8H14N2O4/c1-6(11)10(2)5-7(12)9-4-3-8(13)14/h3-5H2,1-2H3,(H,9,12)(H,13,14). The van der Waals surface area contributed by atoms with Gasteiger partial charge in [0.1, 0.15) is 0 Å². The van der Waals surface area contributed by atoms with Gasteiger partial charge in [-0.3, -0.25) is 14.4 Å². The average molecular weight is 202 g/mol. The molecular formula is C8H14N2O4. The summed E-state index contributed by atoms with van der Waals surface area (Å²) < 4.78 is 0.